The van der Waals surface area contributed by atoms with Gasteiger partial charge < -0.3 is 15.0 Å². The molecule has 1 aliphatic heterocycles. The largest absolute Gasteiger partial charge is 0.491 e. The molecule has 0 aromatic heterocycles. The number of piperidine rings is 1. The van der Waals surface area contributed by atoms with Crippen molar-refractivity contribution in [1.29, 1.82) is 0 Å². The predicted octanol–water partition coefficient (Wildman–Crippen LogP) is 4.16. The second-order valence-electron chi connectivity index (χ2n) is 6.52. The van der Waals surface area contributed by atoms with Crippen LogP contribution in [0.2, 0.25) is 0 Å². The van der Waals surface area contributed by atoms with E-state index in [-0.39, 0.29) is 6.03 Å². The third kappa shape index (κ3) is 4.88. The number of likely N-dealkylation sites (tertiary alicyclic amines) is 1. The summed E-state index contributed by atoms with van der Waals surface area (Å²) in [7, 11) is 0. The molecule has 23 heavy (non-hydrogen) atoms. The van der Waals surface area contributed by atoms with Crippen LogP contribution in [0.5, 0.6) is 5.75 Å². The summed E-state index contributed by atoms with van der Waals surface area (Å²) >= 11 is 0. The van der Waals surface area contributed by atoms with E-state index in [1.165, 1.54) is 12.0 Å². The van der Waals surface area contributed by atoms with Crippen molar-refractivity contribution in [3.8, 4) is 5.75 Å². The quantitative estimate of drug-likeness (QED) is 0.800. The second kappa shape index (κ2) is 8.80. The molecule has 1 aromatic carbocycles. The summed E-state index contributed by atoms with van der Waals surface area (Å²) in [6.07, 6.45) is 4.51. The SMILES string of the molecule is CCC1CCCCN1C(=O)NCCOc1ccccc1C(C)C. The number of benzene rings is 1. The fraction of sp³-hybridized carbons (Fsp3) is 0.632. The molecule has 1 aromatic rings. The summed E-state index contributed by atoms with van der Waals surface area (Å²) < 4.78 is 5.86. The fourth-order valence-electron chi connectivity index (χ4n) is 3.20. The third-order valence-corrected chi connectivity index (χ3v) is 4.54. The van der Waals surface area contributed by atoms with Gasteiger partial charge in [-0.25, -0.2) is 4.79 Å². The van der Waals surface area contributed by atoms with Crippen LogP contribution in [-0.4, -0.2) is 36.7 Å². The number of urea groups is 1. The van der Waals surface area contributed by atoms with Crippen LogP contribution >= 0.6 is 0 Å². The first-order chi connectivity index (χ1) is 11.1. The lowest BCUT2D eigenvalue weighted by Gasteiger charge is -2.35. The van der Waals surface area contributed by atoms with Crippen LogP contribution in [0.25, 0.3) is 0 Å². The van der Waals surface area contributed by atoms with E-state index in [0.29, 0.717) is 25.1 Å². The minimum Gasteiger partial charge on any atom is -0.491 e. The van der Waals surface area contributed by atoms with Crippen molar-refractivity contribution in [3.63, 3.8) is 0 Å². The lowest BCUT2D eigenvalue weighted by atomic mass is 10.0. The van der Waals surface area contributed by atoms with Gasteiger partial charge in [0.05, 0.1) is 6.54 Å². The Balaban J connectivity index is 1.78. The van der Waals surface area contributed by atoms with Crippen LogP contribution in [0, 0.1) is 0 Å². The lowest BCUT2D eigenvalue weighted by Crippen LogP contribution is -2.49. The maximum Gasteiger partial charge on any atom is 0.317 e. The number of ether oxygens (including phenoxy) is 1. The van der Waals surface area contributed by atoms with Gasteiger partial charge in [-0.1, -0.05) is 39.0 Å². The Morgan fingerprint density at radius 2 is 2.13 bits per heavy atom. The van der Waals surface area contributed by atoms with Gasteiger partial charge in [-0.15, -0.1) is 0 Å². The average molecular weight is 318 g/mol. The van der Waals surface area contributed by atoms with Gasteiger partial charge in [-0.2, -0.15) is 0 Å². The molecule has 0 spiro atoms. The van der Waals surface area contributed by atoms with E-state index in [1.54, 1.807) is 0 Å². The molecule has 1 N–H and O–H groups in total. The molecule has 1 atom stereocenters. The van der Waals surface area contributed by atoms with Crippen molar-refractivity contribution >= 4 is 6.03 Å². The van der Waals surface area contributed by atoms with Crippen LogP contribution in [-0.2, 0) is 0 Å². The minimum absolute atomic E-state index is 0.0531. The predicted molar refractivity (Wildman–Crippen MR) is 94.1 cm³/mol. The smallest absolute Gasteiger partial charge is 0.317 e. The first kappa shape index (κ1) is 17.6. The standard InChI is InChI=1S/C19H30N2O2/c1-4-16-9-7-8-13-21(16)19(22)20-12-14-23-18-11-6-5-10-17(18)15(2)3/h5-6,10-11,15-16H,4,7-9,12-14H2,1-3H3,(H,20,22). The van der Waals surface area contributed by atoms with Crippen LogP contribution in [0.1, 0.15) is 57.9 Å². The maximum atomic E-state index is 12.3. The zero-order valence-electron chi connectivity index (χ0n) is 14.7. The van der Waals surface area contributed by atoms with Gasteiger partial charge in [0.2, 0.25) is 0 Å². The molecule has 0 bridgehead atoms. The molecule has 0 radical (unpaired) electrons. The number of hydrogen-bond acceptors (Lipinski definition) is 2. The normalized spacial score (nSPS) is 18.1. The van der Waals surface area contributed by atoms with E-state index >= 15 is 0 Å². The fourth-order valence-corrected chi connectivity index (χ4v) is 3.20. The van der Waals surface area contributed by atoms with Gasteiger partial charge in [0.15, 0.2) is 0 Å². The summed E-state index contributed by atoms with van der Waals surface area (Å²) in [4.78, 5) is 14.3. The number of hydrogen-bond donors (Lipinski definition) is 1. The highest BCUT2D eigenvalue weighted by atomic mass is 16.5. The van der Waals surface area contributed by atoms with E-state index in [2.05, 4.69) is 32.2 Å². The number of amides is 2. The topological polar surface area (TPSA) is 41.6 Å². The van der Waals surface area contributed by atoms with Crippen molar-refractivity contribution in [1.82, 2.24) is 10.2 Å². The number of para-hydroxylation sites is 1. The molecule has 1 heterocycles. The highest BCUT2D eigenvalue weighted by Gasteiger charge is 2.24. The molecule has 4 nitrogen and oxygen atoms in total. The monoisotopic (exact) mass is 318 g/mol. The first-order valence-corrected chi connectivity index (χ1v) is 8.89. The lowest BCUT2D eigenvalue weighted by molar-refractivity contribution is 0.147. The Morgan fingerprint density at radius 1 is 1.35 bits per heavy atom. The molecule has 0 aliphatic carbocycles. The third-order valence-electron chi connectivity index (χ3n) is 4.54. The Labute approximate surface area is 140 Å². The molecule has 1 saturated heterocycles. The number of carbonyl (C=O) groups is 1. The van der Waals surface area contributed by atoms with Crippen molar-refractivity contribution in [3.05, 3.63) is 29.8 Å². The number of rotatable bonds is 6. The highest BCUT2D eigenvalue weighted by Crippen LogP contribution is 2.25. The summed E-state index contributed by atoms with van der Waals surface area (Å²) in [6.45, 7) is 8.39. The van der Waals surface area contributed by atoms with Crippen molar-refractivity contribution in [2.45, 2.75) is 58.4 Å². The summed E-state index contributed by atoms with van der Waals surface area (Å²) in [6, 6.07) is 8.56. The molecule has 1 fully saturated rings. The molecule has 1 aliphatic rings. The summed E-state index contributed by atoms with van der Waals surface area (Å²) in [5, 5.41) is 3.00. The molecule has 0 saturated carbocycles. The zero-order chi connectivity index (χ0) is 16.7. The van der Waals surface area contributed by atoms with E-state index in [4.69, 9.17) is 4.74 Å². The average Bonchev–Trinajstić information content (AvgIpc) is 2.58. The van der Waals surface area contributed by atoms with E-state index in [9.17, 15) is 4.79 Å². The van der Waals surface area contributed by atoms with Crippen molar-refractivity contribution in [2.24, 2.45) is 0 Å². The summed E-state index contributed by atoms with van der Waals surface area (Å²) in [5.74, 6) is 1.35. The number of nitrogens with one attached hydrogen (secondary N) is 1. The van der Waals surface area contributed by atoms with Crippen LogP contribution in [0.15, 0.2) is 24.3 Å². The number of carbonyl (C=O) groups excluding carboxylic acids is 1. The van der Waals surface area contributed by atoms with E-state index < -0.39 is 0 Å². The maximum absolute atomic E-state index is 12.3. The minimum atomic E-state index is 0.0531. The zero-order valence-corrected chi connectivity index (χ0v) is 14.7. The van der Waals surface area contributed by atoms with Crippen molar-refractivity contribution < 1.29 is 9.53 Å². The first-order valence-electron chi connectivity index (χ1n) is 8.89. The Morgan fingerprint density at radius 3 is 2.87 bits per heavy atom. The second-order valence-corrected chi connectivity index (χ2v) is 6.52. The van der Waals surface area contributed by atoms with Gasteiger partial charge in [0.25, 0.3) is 0 Å². The van der Waals surface area contributed by atoms with Gasteiger partial charge in [0.1, 0.15) is 12.4 Å². The number of nitrogens with zero attached hydrogens (tertiary/aromatic N) is 1. The Bertz CT molecular complexity index is 502. The molecule has 128 valence electrons. The van der Waals surface area contributed by atoms with E-state index in [1.807, 2.05) is 23.1 Å². The molecule has 4 heteroatoms. The molecular weight excluding hydrogens is 288 g/mol. The van der Waals surface area contributed by atoms with Crippen LogP contribution < -0.4 is 10.1 Å². The van der Waals surface area contributed by atoms with Crippen LogP contribution in [0.4, 0.5) is 4.79 Å². The Kier molecular flexibility index (Phi) is 6.75. The molecule has 2 rings (SSSR count). The summed E-state index contributed by atoms with van der Waals surface area (Å²) in [5.41, 5.74) is 1.21. The van der Waals surface area contributed by atoms with Gasteiger partial charge in [-0.05, 0) is 43.2 Å². The van der Waals surface area contributed by atoms with E-state index in [0.717, 1.165) is 31.6 Å². The van der Waals surface area contributed by atoms with Gasteiger partial charge >= 0.3 is 6.03 Å². The van der Waals surface area contributed by atoms with Gasteiger partial charge in [0, 0.05) is 12.6 Å². The highest BCUT2D eigenvalue weighted by molar-refractivity contribution is 5.74. The molecular formula is C19H30N2O2. The van der Waals surface area contributed by atoms with Crippen LogP contribution in [0.3, 0.4) is 0 Å². The Hall–Kier alpha value is -1.71. The molecule has 1 unspecified atom stereocenters. The molecule has 2 amide bonds. The van der Waals surface area contributed by atoms with Gasteiger partial charge in [-0.3, -0.25) is 0 Å². The van der Waals surface area contributed by atoms with Crippen molar-refractivity contribution in [2.75, 3.05) is 19.7 Å².